The van der Waals surface area contributed by atoms with Crippen LogP contribution >= 0.6 is 0 Å². The first-order chi connectivity index (χ1) is 12.1. The fourth-order valence-corrected chi connectivity index (χ4v) is 2.59. The van der Waals surface area contributed by atoms with Gasteiger partial charge in [0.2, 0.25) is 0 Å². The average molecular weight is 332 g/mol. The van der Waals surface area contributed by atoms with E-state index in [1.807, 2.05) is 73.1 Å². The van der Waals surface area contributed by atoms with Crippen molar-refractivity contribution in [2.24, 2.45) is 5.10 Å². The highest BCUT2D eigenvalue weighted by molar-refractivity contribution is 5.95. The summed E-state index contributed by atoms with van der Waals surface area (Å²) in [6.07, 6.45) is 1.62. The van der Waals surface area contributed by atoms with Gasteiger partial charge in [-0.1, -0.05) is 42.5 Å². The number of carbonyl (C=O) groups excluding carboxylic acids is 1. The molecule has 1 heterocycles. The maximum atomic E-state index is 12.3. The Labute approximate surface area is 147 Å². The molecule has 0 aliphatic heterocycles. The third-order valence-electron chi connectivity index (χ3n) is 3.80. The normalized spacial score (nSPS) is 11.0. The molecule has 0 bridgehead atoms. The molecule has 0 radical (unpaired) electrons. The van der Waals surface area contributed by atoms with E-state index in [1.54, 1.807) is 12.3 Å². The van der Waals surface area contributed by atoms with Gasteiger partial charge >= 0.3 is 0 Å². The van der Waals surface area contributed by atoms with Gasteiger partial charge in [0.15, 0.2) is 0 Å². The predicted octanol–water partition coefficient (Wildman–Crippen LogP) is 3.31. The standard InChI is InChI=1S/C20H20N4O/c1-15-11-16(2)24(23-15)14-18-9-6-10-19(12-18)20(25)22-21-13-17-7-4-3-5-8-17/h3-13H,14H2,1-2H3,(H,22,25)/b21-13-. The van der Waals surface area contributed by atoms with Crippen LogP contribution in [0.15, 0.2) is 65.8 Å². The minimum absolute atomic E-state index is 0.234. The molecule has 0 spiro atoms. The summed E-state index contributed by atoms with van der Waals surface area (Å²) in [7, 11) is 0. The fraction of sp³-hybridized carbons (Fsp3) is 0.150. The van der Waals surface area contributed by atoms with Gasteiger partial charge in [0.05, 0.1) is 18.5 Å². The number of nitrogens with one attached hydrogen (secondary N) is 1. The van der Waals surface area contributed by atoms with Crippen molar-refractivity contribution in [3.05, 3.63) is 88.7 Å². The fourth-order valence-electron chi connectivity index (χ4n) is 2.59. The molecule has 3 rings (SSSR count). The molecule has 1 aromatic heterocycles. The molecule has 0 unspecified atom stereocenters. The van der Waals surface area contributed by atoms with Crippen molar-refractivity contribution in [1.82, 2.24) is 15.2 Å². The number of hydrazone groups is 1. The van der Waals surface area contributed by atoms with Gasteiger partial charge in [-0.15, -0.1) is 0 Å². The number of aryl methyl sites for hydroxylation is 2. The Bertz CT molecular complexity index is 897. The molecule has 0 saturated carbocycles. The Hall–Kier alpha value is -3.21. The summed E-state index contributed by atoms with van der Waals surface area (Å²) in [5.41, 5.74) is 7.17. The highest BCUT2D eigenvalue weighted by Crippen LogP contribution is 2.10. The van der Waals surface area contributed by atoms with Crippen molar-refractivity contribution in [3.63, 3.8) is 0 Å². The van der Waals surface area contributed by atoms with Gasteiger partial charge in [-0.25, -0.2) is 5.43 Å². The maximum Gasteiger partial charge on any atom is 0.271 e. The van der Waals surface area contributed by atoms with Crippen LogP contribution in [-0.2, 0) is 6.54 Å². The molecule has 1 N–H and O–H groups in total. The Morgan fingerprint density at radius 1 is 1.12 bits per heavy atom. The molecule has 3 aromatic rings. The smallest absolute Gasteiger partial charge is 0.267 e. The van der Waals surface area contributed by atoms with E-state index in [-0.39, 0.29) is 5.91 Å². The van der Waals surface area contributed by atoms with Gasteiger partial charge in [0.1, 0.15) is 0 Å². The summed E-state index contributed by atoms with van der Waals surface area (Å²) in [5, 5.41) is 8.46. The van der Waals surface area contributed by atoms with Crippen LogP contribution in [0.2, 0.25) is 0 Å². The van der Waals surface area contributed by atoms with Crippen LogP contribution in [0.5, 0.6) is 0 Å². The lowest BCUT2D eigenvalue weighted by Crippen LogP contribution is -2.18. The zero-order chi connectivity index (χ0) is 17.6. The van der Waals surface area contributed by atoms with Gasteiger partial charge in [-0.2, -0.15) is 10.2 Å². The Kier molecular flexibility index (Phi) is 5.04. The Morgan fingerprint density at radius 3 is 2.64 bits per heavy atom. The zero-order valence-electron chi connectivity index (χ0n) is 14.3. The van der Waals surface area contributed by atoms with E-state index in [2.05, 4.69) is 15.6 Å². The van der Waals surface area contributed by atoms with E-state index in [1.165, 1.54) is 0 Å². The van der Waals surface area contributed by atoms with Gasteiger partial charge in [0.25, 0.3) is 5.91 Å². The highest BCUT2D eigenvalue weighted by Gasteiger charge is 2.07. The molecule has 2 aromatic carbocycles. The largest absolute Gasteiger partial charge is 0.271 e. The van der Waals surface area contributed by atoms with Crippen LogP contribution in [0, 0.1) is 13.8 Å². The first-order valence-corrected chi connectivity index (χ1v) is 8.10. The van der Waals surface area contributed by atoms with Gasteiger partial charge in [-0.3, -0.25) is 9.48 Å². The van der Waals surface area contributed by atoms with Gasteiger partial charge < -0.3 is 0 Å². The van der Waals surface area contributed by atoms with Crippen LogP contribution in [0.25, 0.3) is 0 Å². The number of hydrogen-bond acceptors (Lipinski definition) is 3. The van der Waals surface area contributed by atoms with Crippen molar-refractivity contribution < 1.29 is 4.79 Å². The summed E-state index contributed by atoms with van der Waals surface area (Å²) in [6.45, 7) is 4.63. The minimum atomic E-state index is -0.234. The summed E-state index contributed by atoms with van der Waals surface area (Å²) in [6, 6.07) is 19.2. The number of benzene rings is 2. The lowest BCUT2D eigenvalue weighted by Gasteiger charge is -2.06. The molecule has 0 atom stereocenters. The van der Waals surface area contributed by atoms with Crippen molar-refractivity contribution >= 4 is 12.1 Å². The molecular weight excluding hydrogens is 312 g/mol. The van der Waals surface area contributed by atoms with Gasteiger partial charge in [-0.05, 0) is 43.2 Å². The number of aromatic nitrogens is 2. The molecule has 0 saturated heterocycles. The zero-order valence-corrected chi connectivity index (χ0v) is 14.3. The van der Waals surface area contributed by atoms with E-state index in [0.29, 0.717) is 12.1 Å². The van der Waals surface area contributed by atoms with Crippen LogP contribution in [-0.4, -0.2) is 21.9 Å². The van der Waals surface area contributed by atoms with Crippen LogP contribution in [0.3, 0.4) is 0 Å². The number of carbonyl (C=O) groups is 1. The van der Waals surface area contributed by atoms with Crippen molar-refractivity contribution in [2.45, 2.75) is 20.4 Å². The molecular formula is C20H20N4O. The first-order valence-electron chi connectivity index (χ1n) is 8.10. The highest BCUT2D eigenvalue weighted by atomic mass is 16.2. The molecule has 0 fully saturated rings. The second-order valence-electron chi connectivity index (χ2n) is 5.89. The average Bonchev–Trinajstić information content (AvgIpc) is 2.93. The maximum absolute atomic E-state index is 12.3. The van der Waals surface area contributed by atoms with Crippen molar-refractivity contribution in [3.8, 4) is 0 Å². The number of amides is 1. The summed E-state index contributed by atoms with van der Waals surface area (Å²) in [4.78, 5) is 12.3. The molecule has 5 nitrogen and oxygen atoms in total. The second-order valence-corrected chi connectivity index (χ2v) is 5.89. The summed E-state index contributed by atoms with van der Waals surface area (Å²) in [5.74, 6) is -0.234. The van der Waals surface area contributed by atoms with E-state index >= 15 is 0 Å². The van der Waals surface area contributed by atoms with Crippen LogP contribution in [0.4, 0.5) is 0 Å². The van der Waals surface area contributed by atoms with E-state index in [9.17, 15) is 4.79 Å². The van der Waals surface area contributed by atoms with Crippen LogP contribution < -0.4 is 5.43 Å². The molecule has 0 aliphatic rings. The quantitative estimate of drug-likeness (QED) is 0.575. The van der Waals surface area contributed by atoms with E-state index in [0.717, 1.165) is 22.5 Å². The summed E-state index contributed by atoms with van der Waals surface area (Å²) < 4.78 is 1.93. The number of rotatable bonds is 5. The monoisotopic (exact) mass is 332 g/mol. The Balaban J connectivity index is 1.67. The number of nitrogens with zero attached hydrogens (tertiary/aromatic N) is 3. The van der Waals surface area contributed by atoms with E-state index in [4.69, 9.17) is 0 Å². The summed E-state index contributed by atoms with van der Waals surface area (Å²) >= 11 is 0. The Morgan fingerprint density at radius 2 is 1.92 bits per heavy atom. The topological polar surface area (TPSA) is 59.3 Å². The minimum Gasteiger partial charge on any atom is -0.267 e. The molecule has 5 heteroatoms. The third kappa shape index (κ3) is 4.41. The predicted molar refractivity (Wildman–Crippen MR) is 98.7 cm³/mol. The van der Waals surface area contributed by atoms with Gasteiger partial charge in [0, 0.05) is 11.3 Å². The lowest BCUT2D eigenvalue weighted by atomic mass is 10.1. The molecule has 25 heavy (non-hydrogen) atoms. The first kappa shape index (κ1) is 16.6. The van der Waals surface area contributed by atoms with Crippen LogP contribution in [0.1, 0.15) is 32.9 Å². The molecule has 126 valence electrons. The second kappa shape index (κ2) is 7.57. The van der Waals surface area contributed by atoms with E-state index < -0.39 is 0 Å². The lowest BCUT2D eigenvalue weighted by molar-refractivity contribution is 0.0955. The third-order valence-corrected chi connectivity index (χ3v) is 3.80. The number of hydrogen-bond donors (Lipinski definition) is 1. The SMILES string of the molecule is Cc1cc(C)n(Cc2cccc(C(=O)N/N=C\c3ccccc3)c2)n1. The van der Waals surface area contributed by atoms with Crippen molar-refractivity contribution in [2.75, 3.05) is 0 Å². The van der Waals surface area contributed by atoms with Crippen molar-refractivity contribution in [1.29, 1.82) is 0 Å². The molecule has 0 aliphatic carbocycles. The molecule has 1 amide bonds.